The second kappa shape index (κ2) is 5.16. The highest BCUT2D eigenvalue weighted by atomic mass is 79.9. The number of anilines is 1. The van der Waals surface area contributed by atoms with Crippen LogP contribution in [0.25, 0.3) is 0 Å². The molecule has 1 aromatic carbocycles. The van der Waals surface area contributed by atoms with Crippen molar-refractivity contribution in [3.05, 3.63) is 28.2 Å². The average molecular weight is 323 g/mol. The van der Waals surface area contributed by atoms with Crippen LogP contribution in [0.5, 0.6) is 0 Å². The van der Waals surface area contributed by atoms with Crippen LogP contribution in [-0.2, 0) is 0 Å². The molecule has 0 atom stereocenters. The highest BCUT2D eigenvalue weighted by molar-refractivity contribution is 9.10. The van der Waals surface area contributed by atoms with Crippen molar-refractivity contribution in [2.45, 2.75) is 25.7 Å². The minimum absolute atomic E-state index is 0.131. The molecule has 4 heteroatoms. The molecule has 102 valence electrons. The number of amides is 1. The lowest BCUT2D eigenvalue weighted by Crippen LogP contribution is -2.34. The van der Waals surface area contributed by atoms with Crippen LogP contribution >= 0.6 is 15.9 Å². The third-order valence-electron chi connectivity index (χ3n) is 3.81. The molecule has 0 aromatic heterocycles. The molecule has 0 spiro atoms. The molecule has 3 rings (SSSR count). The third-order valence-corrected chi connectivity index (χ3v) is 4.26. The number of nitrogen functional groups attached to an aromatic ring is 1. The van der Waals surface area contributed by atoms with Gasteiger partial charge in [-0.25, -0.2) is 0 Å². The van der Waals surface area contributed by atoms with Gasteiger partial charge in [0.1, 0.15) is 0 Å². The number of rotatable bonds is 5. The molecule has 19 heavy (non-hydrogen) atoms. The number of nitrogens with zero attached hydrogens (tertiary/aromatic N) is 1. The smallest absolute Gasteiger partial charge is 0.253 e. The van der Waals surface area contributed by atoms with Crippen molar-refractivity contribution in [2.75, 3.05) is 18.8 Å². The minimum atomic E-state index is 0.131. The lowest BCUT2D eigenvalue weighted by molar-refractivity contribution is 0.0739. The van der Waals surface area contributed by atoms with Crippen molar-refractivity contribution < 1.29 is 4.79 Å². The van der Waals surface area contributed by atoms with Crippen molar-refractivity contribution >= 4 is 27.5 Å². The molecule has 3 nitrogen and oxygen atoms in total. The Labute approximate surface area is 122 Å². The Morgan fingerprint density at radius 2 is 1.74 bits per heavy atom. The van der Waals surface area contributed by atoms with Crippen LogP contribution in [0.3, 0.4) is 0 Å². The molecule has 0 heterocycles. The number of carbonyl (C=O) groups is 1. The Balaban J connectivity index is 1.76. The van der Waals surface area contributed by atoms with E-state index in [1.807, 2.05) is 17.0 Å². The zero-order valence-electron chi connectivity index (χ0n) is 10.9. The van der Waals surface area contributed by atoms with Gasteiger partial charge in [0.25, 0.3) is 5.91 Å². The molecule has 2 N–H and O–H groups in total. The van der Waals surface area contributed by atoms with E-state index in [4.69, 9.17) is 5.73 Å². The number of nitrogens with two attached hydrogens (primary N) is 1. The van der Waals surface area contributed by atoms with E-state index in [0.717, 1.165) is 29.4 Å². The quantitative estimate of drug-likeness (QED) is 0.845. The Bertz CT molecular complexity index is 461. The van der Waals surface area contributed by atoms with Crippen molar-refractivity contribution in [2.24, 2.45) is 11.8 Å². The van der Waals surface area contributed by atoms with Gasteiger partial charge in [-0.2, -0.15) is 0 Å². The van der Waals surface area contributed by atoms with Gasteiger partial charge in [-0.05, 0) is 55.7 Å². The summed E-state index contributed by atoms with van der Waals surface area (Å²) in [4.78, 5) is 14.7. The summed E-state index contributed by atoms with van der Waals surface area (Å²) >= 11 is 3.41. The van der Waals surface area contributed by atoms with Crippen molar-refractivity contribution in [1.82, 2.24) is 4.90 Å². The lowest BCUT2D eigenvalue weighted by atomic mass is 10.1. The summed E-state index contributed by atoms with van der Waals surface area (Å²) in [5.41, 5.74) is 7.16. The summed E-state index contributed by atoms with van der Waals surface area (Å²) in [5.74, 6) is 1.59. The Hall–Kier alpha value is -1.03. The predicted octanol–water partition coefficient (Wildman–Crippen LogP) is 3.29. The van der Waals surface area contributed by atoms with Gasteiger partial charge in [-0.15, -0.1) is 0 Å². The van der Waals surface area contributed by atoms with Crippen LogP contribution in [0.2, 0.25) is 0 Å². The van der Waals surface area contributed by atoms with Gasteiger partial charge < -0.3 is 10.6 Å². The molecule has 2 fully saturated rings. The van der Waals surface area contributed by atoms with Gasteiger partial charge in [0, 0.05) is 28.8 Å². The fraction of sp³-hybridized carbons (Fsp3) is 0.533. The van der Waals surface area contributed by atoms with Crippen molar-refractivity contribution in [3.8, 4) is 0 Å². The SMILES string of the molecule is Nc1cc(Br)cc(C(=O)N(CC2CC2)CC2CC2)c1. The second-order valence-corrected chi connectivity index (χ2v) is 6.79. The highest BCUT2D eigenvalue weighted by Crippen LogP contribution is 2.34. The van der Waals surface area contributed by atoms with E-state index in [9.17, 15) is 4.79 Å². The van der Waals surface area contributed by atoms with Crippen LogP contribution < -0.4 is 5.73 Å². The number of carbonyl (C=O) groups excluding carboxylic acids is 1. The molecule has 2 saturated carbocycles. The summed E-state index contributed by atoms with van der Waals surface area (Å²) in [6, 6.07) is 5.47. The van der Waals surface area contributed by atoms with E-state index in [2.05, 4.69) is 15.9 Å². The molecule has 2 aliphatic rings. The maximum Gasteiger partial charge on any atom is 0.253 e. The molecule has 0 radical (unpaired) electrons. The maximum absolute atomic E-state index is 12.6. The molecular formula is C15H19BrN2O. The van der Waals surface area contributed by atoms with E-state index in [-0.39, 0.29) is 5.91 Å². The normalized spacial score (nSPS) is 18.4. The fourth-order valence-electron chi connectivity index (χ4n) is 2.38. The van der Waals surface area contributed by atoms with E-state index in [1.54, 1.807) is 6.07 Å². The Morgan fingerprint density at radius 1 is 1.16 bits per heavy atom. The monoisotopic (exact) mass is 322 g/mol. The largest absolute Gasteiger partial charge is 0.399 e. The van der Waals surface area contributed by atoms with Gasteiger partial charge >= 0.3 is 0 Å². The molecule has 1 aromatic rings. The van der Waals surface area contributed by atoms with Crippen molar-refractivity contribution in [3.63, 3.8) is 0 Å². The Kier molecular flexibility index (Phi) is 3.52. The number of halogens is 1. The first-order valence-corrected chi connectivity index (χ1v) is 7.76. The van der Waals surface area contributed by atoms with E-state index >= 15 is 0 Å². The fourth-order valence-corrected chi connectivity index (χ4v) is 2.89. The summed E-state index contributed by atoms with van der Waals surface area (Å²) in [5, 5.41) is 0. The van der Waals surface area contributed by atoms with Gasteiger partial charge in [0.15, 0.2) is 0 Å². The van der Waals surface area contributed by atoms with Crippen LogP contribution in [0, 0.1) is 11.8 Å². The van der Waals surface area contributed by atoms with Gasteiger partial charge in [-0.1, -0.05) is 15.9 Å². The molecular weight excluding hydrogens is 304 g/mol. The third kappa shape index (κ3) is 3.50. The minimum Gasteiger partial charge on any atom is -0.399 e. The van der Waals surface area contributed by atoms with Crippen molar-refractivity contribution in [1.29, 1.82) is 0 Å². The van der Waals surface area contributed by atoms with E-state index in [0.29, 0.717) is 11.3 Å². The highest BCUT2D eigenvalue weighted by Gasteiger charge is 2.31. The first-order chi connectivity index (χ1) is 9.11. The summed E-state index contributed by atoms with van der Waals surface area (Å²) < 4.78 is 0.869. The zero-order chi connectivity index (χ0) is 13.4. The lowest BCUT2D eigenvalue weighted by Gasteiger charge is -2.23. The average Bonchev–Trinajstić information content (AvgIpc) is 3.20. The first kappa shape index (κ1) is 13.0. The first-order valence-electron chi connectivity index (χ1n) is 6.97. The van der Waals surface area contributed by atoms with E-state index in [1.165, 1.54) is 25.7 Å². The van der Waals surface area contributed by atoms with E-state index < -0.39 is 0 Å². The number of benzene rings is 1. The second-order valence-electron chi connectivity index (χ2n) is 5.87. The molecule has 0 aliphatic heterocycles. The van der Waals surface area contributed by atoms with Crippen LogP contribution in [0.15, 0.2) is 22.7 Å². The molecule has 0 bridgehead atoms. The number of hydrogen-bond acceptors (Lipinski definition) is 2. The maximum atomic E-state index is 12.6. The van der Waals surface area contributed by atoms with Gasteiger partial charge in [-0.3, -0.25) is 4.79 Å². The summed E-state index contributed by atoms with van der Waals surface area (Å²) in [6.45, 7) is 1.84. The van der Waals surface area contributed by atoms with Gasteiger partial charge in [0.2, 0.25) is 0 Å². The van der Waals surface area contributed by atoms with Gasteiger partial charge in [0.05, 0.1) is 0 Å². The topological polar surface area (TPSA) is 46.3 Å². The summed E-state index contributed by atoms with van der Waals surface area (Å²) in [6.07, 6.45) is 5.09. The predicted molar refractivity (Wildman–Crippen MR) is 79.9 cm³/mol. The molecule has 0 unspecified atom stereocenters. The molecule has 2 aliphatic carbocycles. The zero-order valence-corrected chi connectivity index (χ0v) is 12.5. The van der Waals surface area contributed by atoms with Crippen LogP contribution in [0.4, 0.5) is 5.69 Å². The molecule has 1 amide bonds. The number of hydrogen-bond donors (Lipinski definition) is 1. The summed E-state index contributed by atoms with van der Waals surface area (Å²) in [7, 11) is 0. The Morgan fingerprint density at radius 3 is 2.21 bits per heavy atom. The van der Waals surface area contributed by atoms with Crippen LogP contribution in [0.1, 0.15) is 36.0 Å². The molecule has 0 saturated heterocycles. The van der Waals surface area contributed by atoms with Crippen LogP contribution in [-0.4, -0.2) is 23.9 Å². The standard InChI is InChI=1S/C15H19BrN2O/c16-13-5-12(6-14(17)7-13)15(19)18(8-10-1-2-10)9-11-3-4-11/h5-7,10-11H,1-4,8-9,17H2.